The smallest absolute Gasteiger partial charge is 0.225 e. The minimum absolute atomic E-state index is 0.215. The molecule has 0 bridgehead atoms. The maximum atomic E-state index is 12.8. The van der Waals surface area contributed by atoms with Gasteiger partial charge in [0, 0.05) is 52.4 Å². The number of amides is 1. The predicted octanol–water partition coefficient (Wildman–Crippen LogP) is 1.38. The summed E-state index contributed by atoms with van der Waals surface area (Å²) < 4.78 is 7.09. The number of carbonyl (C=O) groups is 1. The molecular formula is C21H37N7O2. The van der Waals surface area contributed by atoms with E-state index in [1.54, 1.807) is 7.11 Å². The van der Waals surface area contributed by atoms with Crippen molar-refractivity contribution in [3.05, 3.63) is 11.6 Å². The summed E-state index contributed by atoms with van der Waals surface area (Å²) in [6.45, 7) is 5.43. The number of nitrogens with zero attached hydrogens (tertiary/aromatic N) is 5. The zero-order valence-corrected chi connectivity index (χ0v) is 18.7. The average molecular weight is 420 g/mol. The third kappa shape index (κ3) is 6.17. The van der Waals surface area contributed by atoms with Gasteiger partial charge >= 0.3 is 0 Å². The molecule has 1 aromatic rings. The van der Waals surface area contributed by atoms with Crippen molar-refractivity contribution < 1.29 is 9.53 Å². The Labute approximate surface area is 179 Å². The van der Waals surface area contributed by atoms with Crippen LogP contribution in [0.3, 0.4) is 0 Å². The van der Waals surface area contributed by atoms with Crippen molar-refractivity contribution in [2.45, 2.75) is 64.5 Å². The number of ether oxygens (including phenoxy) is 1. The van der Waals surface area contributed by atoms with E-state index in [2.05, 4.69) is 20.8 Å². The fraction of sp³-hybridized carbons (Fsp3) is 0.810. The maximum Gasteiger partial charge on any atom is 0.225 e. The lowest BCUT2D eigenvalue weighted by Crippen LogP contribution is -2.46. The van der Waals surface area contributed by atoms with Crippen molar-refractivity contribution >= 4 is 11.9 Å². The molecule has 1 aliphatic carbocycles. The first-order valence-electron chi connectivity index (χ1n) is 11.3. The van der Waals surface area contributed by atoms with Gasteiger partial charge in [0.25, 0.3) is 0 Å². The van der Waals surface area contributed by atoms with Crippen LogP contribution in [-0.4, -0.2) is 70.9 Å². The number of aliphatic imine (C=N–C) groups is 1. The standard InChI is InChI=1S/C21H37N7O2/c1-16-25-26-19(27(16)2)14-23-21(22-11-7-13-30-3)24-18-10-12-28(15-18)20(29)17-8-5-4-6-9-17/h17-18H,4-15H2,1-3H3,(H2,22,23,24). The van der Waals surface area contributed by atoms with Crippen LogP contribution in [0.2, 0.25) is 0 Å². The lowest BCUT2D eigenvalue weighted by atomic mass is 9.88. The molecule has 168 valence electrons. The van der Waals surface area contributed by atoms with Crippen molar-refractivity contribution in [1.82, 2.24) is 30.3 Å². The summed E-state index contributed by atoms with van der Waals surface area (Å²) in [7, 11) is 3.66. The van der Waals surface area contributed by atoms with E-state index in [0.717, 1.165) is 62.9 Å². The Morgan fingerprint density at radius 3 is 2.73 bits per heavy atom. The highest BCUT2D eigenvalue weighted by molar-refractivity contribution is 5.81. The van der Waals surface area contributed by atoms with Crippen LogP contribution < -0.4 is 10.6 Å². The zero-order valence-electron chi connectivity index (χ0n) is 18.7. The number of methoxy groups -OCH3 is 1. The fourth-order valence-electron chi connectivity index (χ4n) is 4.19. The van der Waals surface area contributed by atoms with Gasteiger partial charge in [-0.25, -0.2) is 4.99 Å². The second kappa shape index (κ2) is 11.3. The van der Waals surface area contributed by atoms with Gasteiger partial charge in [0.2, 0.25) is 5.91 Å². The summed E-state index contributed by atoms with van der Waals surface area (Å²) in [5.74, 6) is 3.03. The van der Waals surface area contributed by atoms with Crippen LogP contribution in [0, 0.1) is 12.8 Å². The van der Waals surface area contributed by atoms with Gasteiger partial charge in [0.05, 0.1) is 0 Å². The molecule has 1 saturated heterocycles. The number of nitrogens with one attached hydrogen (secondary N) is 2. The number of hydrogen-bond donors (Lipinski definition) is 2. The molecule has 0 aromatic carbocycles. The molecule has 1 aromatic heterocycles. The number of carbonyl (C=O) groups excluding carboxylic acids is 1. The number of guanidine groups is 1. The molecule has 1 atom stereocenters. The molecule has 9 heteroatoms. The molecule has 30 heavy (non-hydrogen) atoms. The van der Waals surface area contributed by atoms with E-state index in [1.807, 2.05) is 23.4 Å². The highest BCUT2D eigenvalue weighted by atomic mass is 16.5. The normalized spacial score (nSPS) is 20.6. The minimum Gasteiger partial charge on any atom is -0.385 e. The van der Waals surface area contributed by atoms with Gasteiger partial charge in [0.1, 0.15) is 12.4 Å². The topological polar surface area (TPSA) is 96.7 Å². The van der Waals surface area contributed by atoms with Crippen LogP contribution in [0.25, 0.3) is 0 Å². The second-order valence-electron chi connectivity index (χ2n) is 8.41. The van der Waals surface area contributed by atoms with Gasteiger partial charge in [-0.2, -0.15) is 0 Å². The van der Waals surface area contributed by atoms with E-state index in [0.29, 0.717) is 19.1 Å². The van der Waals surface area contributed by atoms with Gasteiger partial charge < -0.3 is 24.8 Å². The number of hydrogen-bond acceptors (Lipinski definition) is 5. The first kappa shape index (κ1) is 22.5. The van der Waals surface area contributed by atoms with E-state index >= 15 is 0 Å². The fourth-order valence-corrected chi connectivity index (χ4v) is 4.19. The summed E-state index contributed by atoms with van der Waals surface area (Å²) in [6.07, 6.45) is 7.60. The molecule has 1 aliphatic heterocycles. The van der Waals surface area contributed by atoms with Gasteiger partial charge in [-0.15, -0.1) is 10.2 Å². The molecule has 0 spiro atoms. The summed E-state index contributed by atoms with van der Waals surface area (Å²) in [5.41, 5.74) is 0. The van der Waals surface area contributed by atoms with Gasteiger partial charge in [-0.05, 0) is 32.6 Å². The summed E-state index contributed by atoms with van der Waals surface area (Å²) in [6, 6.07) is 0.215. The first-order valence-corrected chi connectivity index (χ1v) is 11.3. The van der Waals surface area contributed by atoms with E-state index in [-0.39, 0.29) is 12.0 Å². The quantitative estimate of drug-likeness (QED) is 0.375. The van der Waals surface area contributed by atoms with Crippen LogP contribution in [0.15, 0.2) is 4.99 Å². The van der Waals surface area contributed by atoms with E-state index < -0.39 is 0 Å². The third-order valence-corrected chi connectivity index (χ3v) is 6.17. The highest BCUT2D eigenvalue weighted by Crippen LogP contribution is 2.26. The van der Waals surface area contributed by atoms with E-state index in [4.69, 9.17) is 9.73 Å². The Kier molecular flexibility index (Phi) is 8.48. The van der Waals surface area contributed by atoms with Crippen LogP contribution in [0.5, 0.6) is 0 Å². The van der Waals surface area contributed by atoms with Crippen LogP contribution in [0.1, 0.15) is 56.6 Å². The Morgan fingerprint density at radius 2 is 2.03 bits per heavy atom. The zero-order chi connectivity index (χ0) is 21.3. The average Bonchev–Trinajstić information content (AvgIpc) is 3.36. The highest BCUT2D eigenvalue weighted by Gasteiger charge is 2.31. The van der Waals surface area contributed by atoms with Gasteiger partial charge in [-0.3, -0.25) is 4.79 Å². The number of rotatable bonds is 8. The molecule has 1 unspecified atom stereocenters. The van der Waals surface area contributed by atoms with Crippen molar-refractivity contribution in [3.8, 4) is 0 Å². The van der Waals surface area contributed by atoms with E-state index in [1.165, 1.54) is 19.3 Å². The largest absolute Gasteiger partial charge is 0.385 e. The van der Waals surface area contributed by atoms with Gasteiger partial charge in [0.15, 0.2) is 11.8 Å². The summed E-state index contributed by atoms with van der Waals surface area (Å²) in [4.78, 5) is 19.6. The molecule has 2 N–H and O–H groups in total. The van der Waals surface area contributed by atoms with Crippen LogP contribution in [0.4, 0.5) is 0 Å². The molecule has 2 heterocycles. The Hall–Kier alpha value is -2.16. The molecule has 3 rings (SSSR count). The van der Waals surface area contributed by atoms with E-state index in [9.17, 15) is 4.79 Å². The SMILES string of the molecule is COCCCNC(=NCc1nnc(C)n1C)NC1CCN(C(=O)C2CCCCC2)C1. The lowest BCUT2D eigenvalue weighted by Gasteiger charge is -2.26. The molecule has 2 fully saturated rings. The Bertz CT molecular complexity index is 712. The van der Waals surface area contributed by atoms with Crippen molar-refractivity contribution in [2.24, 2.45) is 18.0 Å². The molecule has 9 nitrogen and oxygen atoms in total. The predicted molar refractivity (Wildman–Crippen MR) is 116 cm³/mol. The molecule has 2 aliphatic rings. The monoisotopic (exact) mass is 419 g/mol. The molecule has 1 saturated carbocycles. The van der Waals surface area contributed by atoms with Gasteiger partial charge in [-0.1, -0.05) is 19.3 Å². The summed E-state index contributed by atoms with van der Waals surface area (Å²) in [5, 5.41) is 15.2. The molecule has 1 amide bonds. The van der Waals surface area contributed by atoms with Crippen LogP contribution >= 0.6 is 0 Å². The number of aromatic nitrogens is 3. The number of aryl methyl sites for hydroxylation is 1. The van der Waals surface area contributed by atoms with Crippen molar-refractivity contribution in [3.63, 3.8) is 0 Å². The summed E-state index contributed by atoms with van der Waals surface area (Å²) >= 11 is 0. The number of likely N-dealkylation sites (tertiary alicyclic amines) is 1. The first-order chi connectivity index (χ1) is 14.6. The lowest BCUT2D eigenvalue weighted by molar-refractivity contribution is -0.135. The Balaban J connectivity index is 1.55. The molecule has 0 radical (unpaired) electrons. The Morgan fingerprint density at radius 1 is 1.23 bits per heavy atom. The molecular weight excluding hydrogens is 382 g/mol. The van der Waals surface area contributed by atoms with Crippen LogP contribution in [-0.2, 0) is 23.1 Å². The minimum atomic E-state index is 0.215. The maximum absolute atomic E-state index is 12.8. The van der Waals surface area contributed by atoms with Crippen molar-refractivity contribution in [2.75, 3.05) is 33.4 Å². The van der Waals surface area contributed by atoms with Crippen molar-refractivity contribution in [1.29, 1.82) is 0 Å². The second-order valence-corrected chi connectivity index (χ2v) is 8.41. The third-order valence-electron chi connectivity index (χ3n) is 6.17.